The number of fused-ring (bicyclic) bond motifs is 12. The van der Waals surface area contributed by atoms with E-state index in [0.29, 0.717) is 5.82 Å². The molecule has 0 fully saturated rings. The van der Waals surface area contributed by atoms with Crippen LogP contribution >= 0.6 is 0 Å². The summed E-state index contributed by atoms with van der Waals surface area (Å²) in [4.78, 5) is 15.3. The number of aromatic nitrogens is 3. The molecule has 0 N–H and O–H groups in total. The van der Waals surface area contributed by atoms with Gasteiger partial charge in [0.05, 0.1) is 16.8 Å². The van der Waals surface area contributed by atoms with Crippen molar-refractivity contribution in [1.82, 2.24) is 15.0 Å². The molecule has 0 saturated carbocycles. The zero-order chi connectivity index (χ0) is 33.5. The average molecular weight is 650 g/mol. The maximum absolute atomic E-state index is 6.80. The van der Waals surface area contributed by atoms with Crippen LogP contribution in [0.1, 0.15) is 0 Å². The van der Waals surface area contributed by atoms with E-state index in [2.05, 4.69) is 146 Å². The van der Waals surface area contributed by atoms with Gasteiger partial charge in [0.15, 0.2) is 5.82 Å². The fourth-order valence-corrected chi connectivity index (χ4v) is 7.90. The highest BCUT2D eigenvalue weighted by molar-refractivity contribution is 6.28. The predicted octanol–water partition coefficient (Wildman–Crippen LogP) is 12.5. The number of nitrogens with zero attached hydrogens (tertiary/aromatic N) is 3. The van der Waals surface area contributed by atoms with Crippen LogP contribution in [0.3, 0.4) is 0 Å². The van der Waals surface area contributed by atoms with Crippen LogP contribution in [0, 0.1) is 0 Å². The molecule has 4 nitrogen and oxygen atoms in total. The summed E-state index contributed by atoms with van der Waals surface area (Å²) in [7, 11) is 0. The Balaban J connectivity index is 1.18. The summed E-state index contributed by atoms with van der Waals surface area (Å²) < 4.78 is 6.80. The highest BCUT2D eigenvalue weighted by Gasteiger charge is 2.20. The van der Waals surface area contributed by atoms with E-state index in [-0.39, 0.29) is 0 Å². The van der Waals surface area contributed by atoms with Crippen LogP contribution in [0.25, 0.3) is 110 Å². The molecule has 51 heavy (non-hydrogen) atoms. The van der Waals surface area contributed by atoms with Gasteiger partial charge in [0.1, 0.15) is 11.2 Å². The van der Waals surface area contributed by atoms with Crippen molar-refractivity contribution in [3.8, 4) is 33.8 Å². The summed E-state index contributed by atoms with van der Waals surface area (Å²) in [6, 6.07) is 53.5. The third kappa shape index (κ3) is 4.23. The lowest BCUT2D eigenvalue weighted by Crippen LogP contribution is -1.97. The van der Waals surface area contributed by atoms with Crippen LogP contribution in [0.15, 0.2) is 168 Å². The monoisotopic (exact) mass is 649 g/mol. The molecule has 236 valence electrons. The molecule has 8 aromatic carbocycles. The summed E-state index contributed by atoms with van der Waals surface area (Å²) in [6.45, 7) is 0. The standard InChI is InChI=1S/C47H27N3O/c1-2-10-28(11-3-1)29-18-20-31(21-19-29)44-37-23-22-30-12-4-5-13-32(30)45(37)50-47(49-44)42-27-48-26-41-40-24-38-35-16-8-6-14-33(35)34-15-7-9-17-36(34)39(38)25-43(40)51-46(41)42/h1-27H. The molecule has 0 atom stereocenters. The highest BCUT2D eigenvalue weighted by Crippen LogP contribution is 2.42. The van der Waals surface area contributed by atoms with Gasteiger partial charge in [-0.2, -0.15) is 0 Å². The fourth-order valence-electron chi connectivity index (χ4n) is 7.90. The summed E-state index contributed by atoms with van der Waals surface area (Å²) in [5.41, 5.74) is 7.44. The van der Waals surface area contributed by atoms with Gasteiger partial charge in [0, 0.05) is 39.5 Å². The molecule has 0 aliphatic rings. The van der Waals surface area contributed by atoms with E-state index in [1.165, 1.54) is 37.9 Å². The molecule has 3 aromatic heterocycles. The Labute approximate surface area is 292 Å². The van der Waals surface area contributed by atoms with Gasteiger partial charge in [-0.1, -0.05) is 133 Å². The van der Waals surface area contributed by atoms with E-state index in [0.717, 1.165) is 66.0 Å². The molecule has 0 unspecified atom stereocenters. The molecule has 0 amide bonds. The molecule has 11 rings (SSSR count). The Morgan fingerprint density at radius 2 is 1.00 bits per heavy atom. The fraction of sp³-hybridized carbons (Fsp3) is 0. The predicted molar refractivity (Wildman–Crippen MR) is 211 cm³/mol. The van der Waals surface area contributed by atoms with Crippen molar-refractivity contribution in [1.29, 1.82) is 0 Å². The van der Waals surface area contributed by atoms with E-state index in [1.807, 2.05) is 18.5 Å². The van der Waals surface area contributed by atoms with Gasteiger partial charge in [-0.25, -0.2) is 9.97 Å². The molecule has 0 radical (unpaired) electrons. The summed E-state index contributed by atoms with van der Waals surface area (Å²) in [5, 5.41) is 12.4. The smallest absolute Gasteiger partial charge is 0.165 e. The summed E-state index contributed by atoms with van der Waals surface area (Å²) >= 11 is 0. The minimum absolute atomic E-state index is 0.582. The van der Waals surface area contributed by atoms with Gasteiger partial charge >= 0.3 is 0 Å². The third-order valence-electron chi connectivity index (χ3n) is 10.3. The highest BCUT2D eigenvalue weighted by atomic mass is 16.3. The first kappa shape index (κ1) is 28.0. The number of hydrogen-bond donors (Lipinski definition) is 0. The number of rotatable bonds is 3. The SMILES string of the molecule is c1ccc(-c2ccc(-c3nc(-c4cncc5c4oc4cc6c7ccccc7c7ccccc7c6cc45)nc4c3ccc3ccccc34)cc2)cc1. The maximum Gasteiger partial charge on any atom is 0.165 e. The third-order valence-corrected chi connectivity index (χ3v) is 10.3. The van der Waals surface area contributed by atoms with E-state index >= 15 is 0 Å². The van der Waals surface area contributed by atoms with Crippen LogP contribution < -0.4 is 0 Å². The number of hydrogen-bond acceptors (Lipinski definition) is 4. The van der Waals surface area contributed by atoms with E-state index in [1.54, 1.807) is 0 Å². The first-order valence-corrected chi connectivity index (χ1v) is 17.2. The van der Waals surface area contributed by atoms with Crippen molar-refractivity contribution in [2.75, 3.05) is 0 Å². The van der Waals surface area contributed by atoms with Gasteiger partial charge in [0.25, 0.3) is 0 Å². The first-order chi connectivity index (χ1) is 25.3. The Morgan fingerprint density at radius 1 is 0.392 bits per heavy atom. The van der Waals surface area contributed by atoms with Crippen LogP contribution in [0.4, 0.5) is 0 Å². The van der Waals surface area contributed by atoms with Crippen molar-refractivity contribution >= 4 is 75.9 Å². The lowest BCUT2D eigenvalue weighted by atomic mass is 9.93. The first-order valence-electron chi connectivity index (χ1n) is 17.2. The number of benzene rings is 8. The quantitative estimate of drug-likeness (QED) is 0.179. The second-order valence-electron chi connectivity index (χ2n) is 13.2. The van der Waals surface area contributed by atoms with Crippen molar-refractivity contribution in [3.63, 3.8) is 0 Å². The number of furan rings is 1. The molecule has 4 heteroatoms. The van der Waals surface area contributed by atoms with Gasteiger partial charge in [-0.3, -0.25) is 4.98 Å². The molecule has 0 aliphatic carbocycles. The summed E-state index contributed by atoms with van der Waals surface area (Å²) in [5.74, 6) is 0.582. The van der Waals surface area contributed by atoms with Crippen LogP contribution in [0.2, 0.25) is 0 Å². The van der Waals surface area contributed by atoms with Gasteiger partial charge in [0.2, 0.25) is 0 Å². The van der Waals surface area contributed by atoms with Crippen molar-refractivity contribution in [3.05, 3.63) is 164 Å². The van der Waals surface area contributed by atoms with E-state index < -0.39 is 0 Å². The second-order valence-corrected chi connectivity index (χ2v) is 13.2. The Hall–Kier alpha value is -6.91. The van der Waals surface area contributed by atoms with E-state index in [9.17, 15) is 0 Å². The zero-order valence-corrected chi connectivity index (χ0v) is 27.3. The zero-order valence-electron chi connectivity index (χ0n) is 27.3. The topological polar surface area (TPSA) is 51.8 Å². The lowest BCUT2D eigenvalue weighted by molar-refractivity contribution is 0.669. The normalized spacial score (nSPS) is 11.9. The van der Waals surface area contributed by atoms with Crippen LogP contribution in [0.5, 0.6) is 0 Å². The van der Waals surface area contributed by atoms with Gasteiger partial charge in [-0.05, 0) is 67.0 Å². The van der Waals surface area contributed by atoms with Crippen molar-refractivity contribution in [2.45, 2.75) is 0 Å². The largest absolute Gasteiger partial charge is 0.455 e. The molecular formula is C47H27N3O. The van der Waals surface area contributed by atoms with Crippen LogP contribution in [-0.4, -0.2) is 15.0 Å². The van der Waals surface area contributed by atoms with E-state index in [4.69, 9.17) is 19.4 Å². The molecular weight excluding hydrogens is 623 g/mol. The van der Waals surface area contributed by atoms with Crippen molar-refractivity contribution in [2.24, 2.45) is 0 Å². The van der Waals surface area contributed by atoms with Crippen molar-refractivity contribution < 1.29 is 4.42 Å². The molecule has 0 bridgehead atoms. The minimum atomic E-state index is 0.582. The Bertz CT molecular complexity index is 3180. The molecule has 3 heterocycles. The summed E-state index contributed by atoms with van der Waals surface area (Å²) in [6.07, 6.45) is 3.74. The van der Waals surface area contributed by atoms with Gasteiger partial charge < -0.3 is 4.42 Å². The second kappa shape index (κ2) is 10.8. The maximum atomic E-state index is 6.80. The molecule has 0 aliphatic heterocycles. The molecule has 0 saturated heterocycles. The molecule has 11 aromatic rings. The Kier molecular flexibility index (Phi) is 5.92. The minimum Gasteiger partial charge on any atom is -0.455 e. The van der Waals surface area contributed by atoms with Gasteiger partial charge in [-0.15, -0.1) is 0 Å². The average Bonchev–Trinajstić information content (AvgIpc) is 3.58. The molecule has 0 spiro atoms. The lowest BCUT2D eigenvalue weighted by Gasteiger charge is -2.12. The Morgan fingerprint density at radius 3 is 1.75 bits per heavy atom. The number of pyridine rings is 1. The van der Waals surface area contributed by atoms with Crippen LogP contribution in [-0.2, 0) is 0 Å².